The van der Waals surface area contributed by atoms with Gasteiger partial charge in [0.1, 0.15) is 17.8 Å². The van der Waals surface area contributed by atoms with Gasteiger partial charge in [-0.15, -0.1) is 0 Å². The summed E-state index contributed by atoms with van der Waals surface area (Å²) in [5.74, 6) is -3.29. The number of Topliss-reactive ketones (excluding diaryl/α,β-unsaturated/α-hetero) is 2. The second-order valence-corrected chi connectivity index (χ2v) is 15.8. The van der Waals surface area contributed by atoms with Crippen LogP contribution in [0.15, 0.2) is 18.6 Å². The minimum atomic E-state index is -0.977. The number of hydrogen-bond acceptors (Lipinski definition) is 8. The van der Waals surface area contributed by atoms with E-state index in [2.05, 4.69) is 25.9 Å². The fraction of sp³-hybridized carbons (Fsp3) is 0.730. The first-order valence-electron chi connectivity index (χ1n) is 18.4. The molecule has 0 aromatic carbocycles. The van der Waals surface area contributed by atoms with Crippen LogP contribution in [0.2, 0.25) is 0 Å². The molecule has 12 heteroatoms. The Morgan fingerprint density at radius 2 is 1.65 bits per heavy atom. The zero-order chi connectivity index (χ0) is 35.3. The molecule has 0 radical (unpaired) electrons. The number of carbonyl (C=O) groups is 6. The van der Waals surface area contributed by atoms with Crippen molar-refractivity contribution in [2.75, 3.05) is 6.54 Å². The van der Waals surface area contributed by atoms with Gasteiger partial charge in [-0.2, -0.15) is 0 Å². The van der Waals surface area contributed by atoms with Crippen LogP contribution in [-0.2, 0) is 24.0 Å². The molecule has 0 bridgehead atoms. The normalized spacial score (nSPS) is 24.3. The van der Waals surface area contributed by atoms with Crippen LogP contribution >= 0.6 is 0 Å². The van der Waals surface area contributed by atoms with Gasteiger partial charge in [0.15, 0.2) is 5.78 Å². The lowest BCUT2D eigenvalue weighted by molar-refractivity contribution is -0.146. The van der Waals surface area contributed by atoms with E-state index in [0.29, 0.717) is 19.4 Å². The van der Waals surface area contributed by atoms with Gasteiger partial charge in [0.05, 0.1) is 12.2 Å². The van der Waals surface area contributed by atoms with Crippen molar-refractivity contribution in [2.45, 2.75) is 135 Å². The maximum atomic E-state index is 14.6. The summed E-state index contributed by atoms with van der Waals surface area (Å²) in [6.07, 6.45) is 14.2. The molecule has 3 aliphatic carbocycles. The van der Waals surface area contributed by atoms with Crippen LogP contribution in [0, 0.1) is 29.1 Å². The summed E-state index contributed by atoms with van der Waals surface area (Å²) in [7, 11) is 0. The molecule has 4 amide bonds. The summed E-state index contributed by atoms with van der Waals surface area (Å²) >= 11 is 0. The van der Waals surface area contributed by atoms with Gasteiger partial charge < -0.3 is 20.9 Å². The van der Waals surface area contributed by atoms with Crippen LogP contribution in [0.25, 0.3) is 0 Å². The summed E-state index contributed by atoms with van der Waals surface area (Å²) < 4.78 is 0. The molecule has 4 aliphatic rings. The number of amides is 4. The molecular weight excluding hydrogens is 624 g/mol. The van der Waals surface area contributed by atoms with Crippen molar-refractivity contribution in [3.8, 4) is 0 Å². The predicted molar refractivity (Wildman–Crippen MR) is 182 cm³/mol. The number of aromatic nitrogens is 2. The third-order valence-corrected chi connectivity index (χ3v) is 11.0. The quantitative estimate of drug-likeness (QED) is 0.198. The molecule has 1 aliphatic heterocycles. The van der Waals surface area contributed by atoms with Gasteiger partial charge in [-0.3, -0.25) is 33.8 Å². The zero-order valence-corrected chi connectivity index (χ0v) is 29.5. The number of hydrogen-bond donors (Lipinski definition) is 3. The lowest BCUT2D eigenvalue weighted by atomic mass is 9.76. The van der Waals surface area contributed by atoms with E-state index < -0.39 is 47.1 Å². The van der Waals surface area contributed by atoms with E-state index >= 15 is 0 Å². The van der Waals surface area contributed by atoms with E-state index in [1.165, 1.54) is 18.6 Å². The van der Waals surface area contributed by atoms with E-state index in [0.717, 1.165) is 64.2 Å². The number of likely N-dealkylation sites (tertiary alicyclic amines) is 1. The molecular formula is C37H54N6O6. The number of nitrogens with zero attached hydrogens (tertiary/aromatic N) is 3. The SMILES string of the molecule is CCCC(NC(=O)[C@@H]1[C@H]2CCC[C@H]2CN1C(=O)[C@@H](NC(=O)[C@@H](CC(=O)c1cnccn1)C1CCCCC1)C(C)(C)C)C(=O)C(=O)NC1CC1. The topological polar surface area (TPSA) is 168 Å². The second-order valence-electron chi connectivity index (χ2n) is 15.8. The minimum absolute atomic E-state index is 0.0000812. The molecule has 0 spiro atoms. The number of fused-ring (bicyclic) bond motifs is 1. The molecule has 4 fully saturated rings. The molecule has 1 aromatic rings. The Labute approximate surface area is 289 Å². The van der Waals surface area contributed by atoms with E-state index in [4.69, 9.17) is 0 Å². The third kappa shape index (κ3) is 8.91. The number of carbonyl (C=O) groups excluding carboxylic acids is 6. The lowest BCUT2D eigenvalue weighted by Gasteiger charge is -2.38. The van der Waals surface area contributed by atoms with Crippen LogP contribution < -0.4 is 16.0 Å². The average molecular weight is 679 g/mol. The number of nitrogens with one attached hydrogen (secondary N) is 3. The Morgan fingerprint density at radius 1 is 0.918 bits per heavy atom. The third-order valence-electron chi connectivity index (χ3n) is 11.0. The molecule has 1 saturated heterocycles. The predicted octanol–water partition coefficient (Wildman–Crippen LogP) is 3.54. The summed E-state index contributed by atoms with van der Waals surface area (Å²) in [6, 6.07) is -2.73. The Morgan fingerprint density at radius 3 is 2.29 bits per heavy atom. The van der Waals surface area contributed by atoms with Gasteiger partial charge in [0.25, 0.3) is 5.91 Å². The Hall–Kier alpha value is -3.70. The first-order chi connectivity index (χ1) is 23.4. The van der Waals surface area contributed by atoms with Crippen molar-refractivity contribution in [3.63, 3.8) is 0 Å². The van der Waals surface area contributed by atoms with Crippen molar-refractivity contribution in [1.82, 2.24) is 30.8 Å². The molecule has 6 atom stereocenters. The van der Waals surface area contributed by atoms with Crippen LogP contribution in [0.5, 0.6) is 0 Å². The van der Waals surface area contributed by atoms with Gasteiger partial charge in [-0.1, -0.05) is 59.8 Å². The highest BCUT2D eigenvalue weighted by atomic mass is 16.2. The number of ketones is 2. The van der Waals surface area contributed by atoms with Gasteiger partial charge in [-0.05, 0) is 68.1 Å². The summed E-state index contributed by atoms with van der Waals surface area (Å²) in [6.45, 7) is 7.93. The maximum Gasteiger partial charge on any atom is 0.289 e. The molecule has 3 saturated carbocycles. The largest absolute Gasteiger partial charge is 0.347 e. The van der Waals surface area contributed by atoms with Crippen molar-refractivity contribution >= 4 is 35.2 Å². The lowest BCUT2D eigenvalue weighted by Crippen LogP contribution is -2.60. The molecule has 1 unspecified atom stereocenters. The Balaban J connectivity index is 1.36. The maximum absolute atomic E-state index is 14.6. The van der Waals surface area contributed by atoms with Crippen LogP contribution in [0.1, 0.15) is 122 Å². The van der Waals surface area contributed by atoms with Crippen LogP contribution in [0.4, 0.5) is 0 Å². The fourth-order valence-corrected chi connectivity index (χ4v) is 8.15. The van der Waals surface area contributed by atoms with Crippen molar-refractivity contribution in [2.24, 2.45) is 29.1 Å². The molecule has 5 rings (SSSR count). The highest BCUT2D eigenvalue weighted by Gasteiger charge is 2.52. The Kier molecular flexibility index (Phi) is 11.9. The fourth-order valence-electron chi connectivity index (χ4n) is 8.15. The van der Waals surface area contributed by atoms with Gasteiger partial charge >= 0.3 is 0 Å². The summed E-state index contributed by atoms with van der Waals surface area (Å²) in [5, 5.41) is 8.67. The van der Waals surface area contributed by atoms with Crippen LogP contribution in [-0.4, -0.2) is 80.8 Å². The van der Waals surface area contributed by atoms with E-state index in [9.17, 15) is 28.8 Å². The smallest absolute Gasteiger partial charge is 0.289 e. The van der Waals surface area contributed by atoms with E-state index in [1.54, 1.807) is 4.90 Å². The first kappa shape index (κ1) is 36.6. The molecule has 3 N–H and O–H groups in total. The molecule has 49 heavy (non-hydrogen) atoms. The molecule has 1 aromatic heterocycles. The van der Waals surface area contributed by atoms with Gasteiger partial charge in [-0.25, -0.2) is 4.98 Å². The highest BCUT2D eigenvalue weighted by Crippen LogP contribution is 2.43. The first-order valence-corrected chi connectivity index (χ1v) is 18.4. The number of rotatable bonds is 14. The monoisotopic (exact) mass is 678 g/mol. The van der Waals surface area contributed by atoms with Gasteiger partial charge in [0, 0.05) is 37.3 Å². The van der Waals surface area contributed by atoms with Crippen LogP contribution in [0.3, 0.4) is 0 Å². The summed E-state index contributed by atoms with van der Waals surface area (Å²) in [4.78, 5) is 91.7. The second kappa shape index (κ2) is 15.9. The van der Waals surface area contributed by atoms with Crippen molar-refractivity contribution in [1.29, 1.82) is 0 Å². The Bertz CT molecular complexity index is 1390. The average Bonchev–Trinajstić information content (AvgIpc) is 3.65. The summed E-state index contributed by atoms with van der Waals surface area (Å²) in [5.41, 5.74) is -0.499. The highest BCUT2D eigenvalue weighted by molar-refractivity contribution is 6.38. The van der Waals surface area contributed by atoms with Gasteiger partial charge in [0.2, 0.25) is 23.5 Å². The molecule has 2 heterocycles. The standard InChI is InChI=1S/C37H54N6O6/c1-5-10-27(31(45)35(48)40-24-15-16-24)41-34(47)30-25-14-9-13-23(25)21-43(30)36(49)32(37(2,3)4)42-33(46)26(22-11-7-6-8-12-22)19-29(44)28-20-38-17-18-39-28/h17-18,20,22-27,30,32H,5-16,19,21H2,1-4H3,(H,40,48)(H,41,47)(H,42,46)/t23-,25-,26-,27?,30-,32+/m0/s1. The minimum Gasteiger partial charge on any atom is -0.347 e. The molecule has 12 nitrogen and oxygen atoms in total. The van der Waals surface area contributed by atoms with Crippen molar-refractivity contribution in [3.05, 3.63) is 24.3 Å². The van der Waals surface area contributed by atoms with E-state index in [1.807, 2.05) is 27.7 Å². The van der Waals surface area contributed by atoms with E-state index in [-0.39, 0.29) is 53.5 Å². The molecule has 268 valence electrons. The zero-order valence-electron chi connectivity index (χ0n) is 29.5. The van der Waals surface area contributed by atoms with Crippen molar-refractivity contribution < 1.29 is 28.8 Å².